The molecule has 0 aliphatic rings. The van der Waals surface area contributed by atoms with E-state index in [-0.39, 0.29) is 40.5 Å². The predicted octanol–water partition coefficient (Wildman–Crippen LogP) is 4.59. The number of hydrogen-bond acceptors (Lipinski definition) is 7. The van der Waals surface area contributed by atoms with Crippen LogP contribution in [0, 0.1) is 22.2 Å². The van der Waals surface area contributed by atoms with Crippen LogP contribution < -0.4 is 10.6 Å². The van der Waals surface area contributed by atoms with Gasteiger partial charge >= 0.3 is 0 Å². The third-order valence-electron chi connectivity index (χ3n) is 5.28. The number of benzene rings is 1. The van der Waals surface area contributed by atoms with Gasteiger partial charge in [0.25, 0.3) is 5.91 Å². The summed E-state index contributed by atoms with van der Waals surface area (Å²) in [5.74, 6) is -0.515. The van der Waals surface area contributed by atoms with Gasteiger partial charge in [-0.2, -0.15) is 5.26 Å². The molecule has 0 saturated carbocycles. The number of carbonyl (C=O) groups is 1. The molecular formula is C21H21ClFN7OS. The molecule has 0 bridgehead atoms. The molecule has 0 radical (unpaired) electrons. The first kappa shape index (κ1) is 23.5. The van der Waals surface area contributed by atoms with E-state index in [1.807, 2.05) is 0 Å². The van der Waals surface area contributed by atoms with Crippen LogP contribution in [0.5, 0.6) is 0 Å². The van der Waals surface area contributed by atoms with Gasteiger partial charge in [-0.05, 0) is 39.0 Å². The summed E-state index contributed by atoms with van der Waals surface area (Å²) >= 11 is 5.93. The van der Waals surface area contributed by atoms with E-state index in [1.54, 1.807) is 46.0 Å². The quantitative estimate of drug-likeness (QED) is 0.431. The molecule has 0 aliphatic heterocycles. The van der Waals surface area contributed by atoms with E-state index < -0.39 is 17.4 Å². The fraction of sp³-hybridized carbons (Fsp3) is 0.286. The lowest BCUT2D eigenvalue weighted by atomic mass is 9.87. The highest BCUT2D eigenvalue weighted by atomic mass is 35.5. The maximum Gasteiger partial charge on any atom is 0.255 e. The molecule has 0 aliphatic carbocycles. The Morgan fingerprint density at radius 3 is 2.75 bits per heavy atom. The second-order valence-electron chi connectivity index (χ2n) is 7.71. The van der Waals surface area contributed by atoms with Crippen LogP contribution >= 0.6 is 23.9 Å². The monoisotopic (exact) mass is 473 g/mol. The molecule has 0 spiro atoms. The summed E-state index contributed by atoms with van der Waals surface area (Å²) in [6.45, 7) is 5.14. The molecule has 1 atom stereocenters. The maximum atomic E-state index is 13.5. The highest BCUT2D eigenvalue weighted by Gasteiger charge is 2.29. The van der Waals surface area contributed by atoms with Crippen LogP contribution in [0.3, 0.4) is 0 Å². The number of nitrogens with one attached hydrogen (secondary N) is 3. The van der Waals surface area contributed by atoms with Crippen molar-refractivity contribution in [3.05, 3.63) is 52.4 Å². The minimum atomic E-state index is -0.806. The zero-order chi connectivity index (χ0) is 23.6. The molecule has 166 valence electrons. The van der Waals surface area contributed by atoms with Gasteiger partial charge in [-0.25, -0.2) is 13.9 Å². The summed E-state index contributed by atoms with van der Waals surface area (Å²) in [6, 6.07) is 6.71. The highest BCUT2D eigenvalue weighted by Crippen LogP contribution is 2.27. The Bertz CT molecular complexity index is 1250. The Labute approximate surface area is 194 Å². The van der Waals surface area contributed by atoms with Crippen LogP contribution in [-0.4, -0.2) is 38.6 Å². The maximum absolute atomic E-state index is 13.5. The zero-order valence-electron chi connectivity index (χ0n) is 17.8. The standard InChI is InChI=1S/C21H21ClFN7OS/c1-11(21(2,3)10-24)28-20(31)14-9-30(32-23)19-18(14)29-16(8-27-19)17(25)13-6-5-12(22)7-15(13)26-4/h5-9,11,25-26H,1-4H3,(H,28,31). The van der Waals surface area contributed by atoms with E-state index in [9.17, 15) is 13.9 Å². The van der Waals surface area contributed by atoms with Crippen LogP contribution in [-0.2, 0) is 0 Å². The van der Waals surface area contributed by atoms with Gasteiger partial charge in [0.1, 0.15) is 11.2 Å². The molecule has 0 saturated heterocycles. The third-order valence-corrected chi connectivity index (χ3v) is 5.94. The second-order valence-corrected chi connectivity index (χ2v) is 8.68. The lowest BCUT2D eigenvalue weighted by Crippen LogP contribution is -2.42. The Balaban J connectivity index is 2.05. The number of nitrogens with zero attached hydrogens (tertiary/aromatic N) is 4. The number of aromatic nitrogens is 3. The molecule has 3 aromatic rings. The summed E-state index contributed by atoms with van der Waals surface area (Å²) in [4.78, 5) is 21.6. The van der Waals surface area contributed by atoms with Gasteiger partial charge in [0.05, 0.1) is 29.0 Å². The average Bonchev–Trinajstić information content (AvgIpc) is 3.16. The molecule has 1 amide bonds. The summed E-state index contributed by atoms with van der Waals surface area (Å²) in [6.07, 6.45) is 2.65. The molecule has 32 heavy (non-hydrogen) atoms. The van der Waals surface area contributed by atoms with Crippen molar-refractivity contribution in [3.8, 4) is 6.07 Å². The first-order valence-corrected chi connectivity index (χ1v) is 10.6. The highest BCUT2D eigenvalue weighted by molar-refractivity contribution is 7.92. The van der Waals surface area contributed by atoms with Crippen molar-refractivity contribution >= 4 is 52.4 Å². The van der Waals surface area contributed by atoms with E-state index in [1.165, 1.54) is 12.4 Å². The largest absolute Gasteiger partial charge is 0.388 e. The summed E-state index contributed by atoms with van der Waals surface area (Å²) < 4.78 is 14.6. The van der Waals surface area contributed by atoms with E-state index in [0.29, 0.717) is 16.3 Å². The number of halogens is 2. The van der Waals surface area contributed by atoms with Crippen molar-refractivity contribution in [2.75, 3.05) is 12.4 Å². The molecule has 8 nitrogen and oxygen atoms in total. The second kappa shape index (κ2) is 9.14. The van der Waals surface area contributed by atoms with Crippen LogP contribution in [0.25, 0.3) is 11.2 Å². The molecule has 3 rings (SSSR count). The van der Waals surface area contributed by atoms with Gasteiger partial charge < -0.3 is 10.6 Å². The number of anilines is 1. The molecule has 2 aromatic heterocycles. The molecular weight excluding hydrogens is 453 g/mol. The fourth-order valence-corrected chi connectivity index (χ4v) is 3.45. The van der Waals surface area contributed by atoms with E-state index in [4.69, 9.17) is 17.0 Å². The van der Waals surface area contributed by atoms with Gasteiger partial charge in [0.15, 0.2) is 18.0 Å². The Morgan fingerprint density at radius 1 is 1.41 bits per heavy atom. The SMILES string of the molecule is CNc1cc(Cl)ccc1C(=N)c1cnc2c(n1)c(C(=O)NC(C)C(C)(C)C#N)cn2SF. The van der Waals surface area contributed by atoms with Gasteiger partial charge in [0, 0.05) is 35.6 Å². The van der Waals surface area contributed by atoms with Crippen molar-refractivity contribution in [1.29, 1.82) is 10.7 Å². The van der Waals surface area contributed by atoms with Crippen LogP contribution in [0.4, 0.5) is 9.57 Å². The lowest BCUT2D eigenvalue weighted by Gasteiger charge is -2.25. The number of hydrogen-bond donors (Lipinski definition) is 3. The van der Waals surface area contributed by atoms with Crippen molar-refractivity contribution < 1.29 is 8.68 Å². The molecule has 0 fully saturated rings. The first-order valence-electron chi connectivity index (χ1n) is 9.58. The molecule has 2 heterocycles. The van der Waals surface area contributed by atoms with Crippen molar-refractivity contribution in [3.63, 3.8) is 0 Å². The molecule has 11 heteroatoms. The van der Waals surface area contributed by atoms with Gasteiger partial charge in [-0.3, -0.25) is 10.2 Å². The smallest absolute Gasteiger partial charge is 0.255 e. The van der Waals surface area contributed by atoms with Crippen LogP contribution in [0.1, 0.15) is 42.4 Å². The summed E-state index contributed by atoms with van der Waals surface area (Å²) in [5.41, 5.74) is 1.03. The number of rotatable bonds is 7. The number of nitriles is 1. The van der Waals surface area contributed by atoms with E-state index in [0.717, 1.165) is 3.97 Å². The lowest BCUT2D eigenvalue weighted by molar-refractivity contribution is 0.0921. The Kier molecular flexibility index (Phi) is 6.71. The van der Waals surface area contributed by atoms with Crippen LogP contribution in [0.2, 0.25) is 5.02 Å². The van der Waals surface area contributed by atoms with Gasteiger partial charge in [0.2, 0.25) is 0 Å². The van der Waals surface area contributed by atoms with Crippen molar-refractivity contribution in [1.82, 2.24) is 19.3 Å². The van der Waals surface area contributed by atoms with Crippen molar-refractivity contribution in [2.24, 2.45) is 5.41 Å². The number of amides is 1. The molecule has 1 unspecified atom stereocenters. The number of fused-ring (bicyclic) bond motifs is 1. The van der Waals surface area contributed by atoms with Gasteiger partial charge in [-0.15, -0.1) is 3.89 Å². The fourth-order valence-electron chi connectivity index (χ4n) is 2.93. The topological polar surface area (TPSA) is 119 Å². The number of carbonyl (C=O) groups excluding carboxylic acids is 1. The van der Waals surface area contributed by atoms with Crippen molar-refractivity contribution in [2.45, 2.75) is 26.8 Å². The summed E-state index contributed by atoms with van der Waals surface area (Å²) in [5, 5.41) is 24.2. The Morgan fingerprint density at radius 2 is 2.12 bits per heavy atom. The van der Waals surface area contributed by atoms with Gasteiger partial charge in [-0.1, -0.05) is 11.6 Å². The minimum absolute atomic E-state index is 0.0615. The van der Waals surface area contributed by atoms with E-state index >= 15 is 0 Å². The predicted molar refractivity (Wildman–Crippen MR) is 125 cm³/mol. The summed E-state index contributed by atoms with van der Waals surface area (Å²) in [7, 11) is 1.71. The minimum Gasteiger partial charge on any atom is -0.388 e. The first-order chi connectivity index (χ1) is 15.1. The zero-order valence-corrected chi connectivity index (χ0v) is 19.4. The average molecular weight is 474 g/mol. The molecule has 3 N–H and O–H groups in total. The van der Waals surface area contributed by atoms with Crippen LogP contribution in [0.15, 0.2) is 30.6 Å². The molecule has 1 aromatic carbocycles. The van der Waals surface area contributed by atoms with E-state index in [2.05, 4.69) is 26.7 Å². The Hall–Kier alpha value is -3.16. The normalized spacial score (nSPS) is 12.3. The third kappa shape index (κ3) is 4.40.